The minimum Gasteiger partial charge on any atom is -0.372 e. The van der Waals surface area contributed by atoms with E-state index in [4.69, 9.17) is 16.3 Å². The zero-order valence-electron chi connectivity index (χ0n) is 18.8. The first-order chi connectivity index (χ1) is 16.3. The molecule has 4 heterocycles. The topological polar surface area (TPSA) is 52.3 Å². The zero-order valence-corrected chi connectivity index (χ0v) is 20.4. The largest absolute Gasteiger partial charge is 0.372 e. The Kier molecular flexibility index (Phi) is 6.14. The van der Waals surface area contributed by atoms with Gasteiger partial charge in [0.1, 0.15) is 5.82 Å². The molecule has 176 valence electrons. The molecule has 1 aliphatic rings. The van der Waals surface area contributed by atoms with E-state index in [0.29, 0.717) is 11.2 Å². The van der Waals surface area contributed by atoms with Crippen LogP contribution in [0.15, 0.2) is 59.8 Å². The summed E-state index contributed by atoms with van der Waals surface area (Å²) >= 11 is 10.4. The Bertz CT molecular complexity index is 1430. The summed E-state index contributed by atoms with van der Waals surface area (Å²) in [6, 6.07) is 10.3. The lowest BCUT2D eigenvalue weighted by atomic mass is 10.1. The van der Waals surface area contributed by atoms with Crippen LogP contribution in [0.1, 0.15) is 19.4 Å². The second-order valence-corrected chi connectivity index (χ2v) is 9.55. The van der Waals surface area contributed by atoms with E-state index in [1.165, 1.54) is 10.6 Å². The maximum absolute atomic E-state index is 14.3. The van der Waals surface area contributed by atoms with Gasteiger partial charge in [-0.3, -0.25) is 8.77 Å². The van der Waals surface area contributed by atoms with Crippen molar-refractivity contribution in [2.45, 2.75) is 32.6 Å². The number of fused-ring (bicyclic) bond motifs is 1. The average molecular weight is 499 g/mol. The van der Waals surface area contributed by atoms with Gasteiger partial charge in [0.15, 0.2) is 5.65 Å². The quantitative estimate of drug-likeness (QED) is 0.402. The Balaban J connectivity index is 1.50. The Labute approximate surface area is 207 Å². The van der Waals surface area contributed by atoms with E-state index in [9.17, 15) is 9.18 Å². The van der Waals surface area contributed by atoms with Crippen molar-refractivity contribution in [3.63, 3.8) is 0 Å². The number of morpholine rings is 1. The Morgan fingerprint density at radius 2 is 1.97 bits per heavy atom. The number of nitrogens with zero attached hydrogens (tertiary/aromatic N) is 4. The summed E-state index contributed by atoms with van der Waals surface area (Å²) in [4.78, 5) is 19.8. The highest BCUT2D eigenvalue weighted by Crippen LogP contribution is 2.33. The second-order valence-electron chi connectivity index (χ2n) is 8.71. The molecule has 34 heavy (non-hydrogen) atoms. The summed E-state index contributed by atoms with van der Waals surface area (Å²) in [7, 11) is 0. The van der Waals surface area contributed by atoms with Crippen LogP contribution in [0.4, 0.5) is 10.1 Å². The van der Waals surface area contributed by atoms with Gasteiger partial charge in [-0.15, -0.1) is 0 Å². The van der Waals surface area contributed by atoms with Crippen molar-refractivity contribution in [2.24, 2.45) is 0 Å². The molecular weight excluding hydrogens is 475 g/mol. The molecule has 0 saturated carbocycles. The van der Waals surface area contributed by atoms with Gasteiger partial charge >= 0.3 is 0 Å². The zero-order chi connectivity index (χ0) is 24.0. The monoisotopic (exact) mass is 498 g/mol. The van der Waals surface area contributed by atoms with E-state index < -0.39 is 5.82 Å². The number of thiol groups is 1. The van der Waals surface area contributed by atoms with Crippen molar-refractivity contribution < 1.29 is 9.13 Å². The molecule has 1 fully saturated rings. The van der Waals surface area contributed by atoms with Crippen LogP contribution in [0, 0.1) is 5.82 Å². The highest BCUT2D eigenvalue weighted by molar-refractivity contribution is 7.78. The van der Waals surface area contributed by atoms with E-state index in [2.05, 4.69) is 42.6 Å². The third-order valence-corrected chi connectivity index (χ3v) is 6.67. The van der Waals surface area contributed by atoms with Gasteiger partial charge in [-0.05, 0) is 37.6 Å². The smallest absolute Gasteiger partial charge is 0.251 e. The van der Waals surface area contributed by atoms with E-state index >= 15 is 0 Å². The Morgan fingerprint density at radius 1 is 1.21 bits per heavy atom. The van der Waals surface area contributed by atoms with Gasteiger partial charge in [-0.2, -0.15) is 0 Å². The van der Waals surface area contributed by atoms with Crippen LogP contribution >= 0.6 is 24.4 Å². The summed E-state index contributed by atoms with van der Waals surface area (Å²) in [5, 5.41) is 0.938. The molecule has 0 radical (unpaired) electrons. The lowest BCUT2D eigenvalue weighted by molar-refractivity contribution is -0.00522. The van der Waals surface area contributed by atoms with E-state index in [1.807, 2.05) is 18.5 Å². The average Bonchev–Trinajstić information content (AvgIpc) is 3.13. The van der Waals surface area contributed by atoms with Crippen molar-refractivity contribution in [3.05, 3.63) is 81.7 Å². The number of aromatic nitrogens is 3. The fourth-order valence-corrected chi connectivity index (χ4v) is 5.00. The van der Waals surface area contributed by atoms with E-state index in [1.54, 1.807) is 28.4 Å². The summed E-state index contributed by atoms with van der Waals surface area (Å²) in [6.07, 6.45) is 5.63. The van der Waals surface area contributed by atoms with Crippen LogP contribution in [0.3, 0.4) is 0 Å². The van der Waals surface area contributed by atoms with Crippen LogP contribution in [-0.2, 0) is 11.3 Å². The Morgan fingerprint density at radius 3 is 2.71 bits per heavy atom. The number of hydrogen-bond acceptors (Lipinski definition) is 5. The van der Waals surface area contributed by atoms with Crippen molar-refractivity contribution in [2.75, 3.05) is 18.0 Å². The molecule has 6 nitrogen and oxygen atoms in total. The standard InChI is InChI=1S/C25H24ClFN4O2S/c1-15-11-30(12-16(2)33-15)19-9-20-21(14-31(34)25(20)28-10-19)17-6-7-29(23(32)8-17)13-18-4-3-5-22(26)24(18)27/h3-10,14-16,34H,11-13H2,1-2H3/t15-,16-/m1/s1. The van der Waals surface area contributed by atoms with Crippen molar-refractivity contribution in [3.8, 4) is 11.1 Å². The van der Waals surface area contributed by atoms with Crippen LogP contribution in [-0.4, -0.2) is 38.8 Å². The molecule has 1 aliphatic heterocycles. The fourth-order valence-electron chi connectivity index (χ4n) is 4.53. The molecule has 9 heteroatoms. The predicted octanol–water partition coefficient (Wildman–Crippen LogP) is 5.01. The fraction of sp³-hybridized carbons (Fsp3) is 0.280. The predicted molar refractivity (Wildman–Crippen MR) is 137 cm³/mol. The van der Waals surface area contributed by atoms with Gasteiger partial charge in [-0.25, -0.2) is 9.37 Å². The summed E-state index contributed by atoms with van der Waals surface area (Å²) < 4.78 is 23.3. The molecule has 1 aromatic carbocycles. The minimum absolute atomic E-state index is 0.0381. The molecule has 5 rings (SSSR count). The van der Waals surface area contributed by atoms with Crippen LogP contribution in [0.5, 0.6) is 0 Å². The molecule has 4 aromatic rings. The minimum atomic E-state index is -0.511. The number of halogens is 2. The van der Waals surface area contributed by atoms with Gasteiger partial charge in [0.25, 0.3) is 5.56 Å². The van der Waals surface area contributed by atoms with Gasteiger partial charge < -0.3 is 14.2 Å². The SMILES string of the molecule is C[C@@H]1CN(c2cnc3c(c2)c(-c2ccn(Cc4cccc(Cl)c4F)c(=O)c2)cn3S)C[C@@H](C)O1. The van der Waals surface area contributed by atoms with Crippen LogP contribution < -0.4 is 10.5 Å². The molecule has 0 bridgehead atoms. The number of benzene rings is 1. The third kappa shape index (κ3) is 4.33. The molecule has 0 aliphatic carbocycles. The van der Waals surface area contributed by atoms with E-state index in [0.717, 1.165) is 35.3 Å². The summed E-state index contributed by atoms with van der Waals surface area (Å²) in [5.41, 5.74) is 3.43. The third-order valence-electron chi connectivity index (χ3n) is 6.07. The lowest BCUT2D eigenvalue weighted by Gasteiger charge is -2.36. The molecule has 0 N–H and O–H groups in total. The maximum atomic E-state index is 14.3. The normalized spacial score (nSPS) is 18.6. The molecule has 0 unspecified atom stereocenters. The Hall–Kier alpha value is -2.81. The molecule has 0 amide bonds. The molecule has 3 aromatic heterocycles. The van der Waals surface area contributed by atoms with E-state index in [-0.39, 0.29) is 29.3 Å². The molecule has 2 atom stereocenters. The van der Waals surface area contributed by atoms with Gasteiger partial charge in [-0.1, -0.05) is 36.5 Å². The van der Waals surface area contributed by atoms with Crippen molar-refractivity contribution >= 4 is 41.1 Å². The number of rotatable bonds is 4. The van der Waals surface area contributed by atoms with Crippen molar-refractivity contribution in [1.82, 2.24) is 13.5 Å². The van der Waals surface area contributed by atoms with Crippen LogP contribution in [0.2, 0.25) is 5.02 Å². The first-order valence-corrected chi connectivity index (χ1v) is 11.8. The van der Waals surface area contributed by atoms with Crippen LogP contribution in [0.25, 0.3) is 22.2 Å². The first kappa shape index (κ1) is 23.0. The van der Waals surface area contributed by atoms with Gasteiger partial charge in [0.05, 0.1) is 35.7 Å². The number of anilines is 1. The molecular formula is C25H24ClFN4O2S. The first-order valence-electron chi connectivity index (χ1n) is 11.0. The highest BCUT2D eigenvalue weighted by Gasteiger charge is 2.23. The second kappa shape index (κ2) is 9.09. The van der Waals surface area contributed by atoms with Gasteiger partial charge in [0, 0.05) is 48.1 Å². The van der Waals surface area contributed by atoms with Gasteiger partial charge in [0.2, 0.25) is 0 Å². The highest BCUT2D eigenvalue weighted by atomic mass is 35.5. The summed E-state index contributed by atoms with van der Waals surface area (Å²) in [6.45, 7) is 5.79. The molecule has 0 spiro atoms. The maximum Gasteiger partial charge on any atom is 0.251 e. The lowest BCUT2D eigenvalue weighted by Crippen LogP contribution is -2.45. The molecule has 1 saturated heterocycles. The van der Waals surface area contributed by atoms with Crippen molar-refractivity contribution in [1.29, 1.82) is 0 Å². The number of ether oxygens (including phenoxy) is 1. The number of hydrogen-bond donors (Lipinski definition) is 1. The summed E-state index contributed by atoms with van der Waals surface area (Å²) in [5.74, 6) is -0.511. The number of pyridine rings is 2.